The van der Waals surface area contributed by atoms with Crippen LogP contribution in [-0.2, 0) is 18.9 Å². The molecule has 2 heterocycles. The Morgan fingerprint density at radius 1 is 0.618 bits per heavy atom. The molecule has 202 valence electrons. The second-order valence-corrected chi connectivity index (χ2v) is 8.14. The Morgan fingerprint density at radius 2 is 1.12 bits per heavy atom. The molecule has 12 N–H and O–H groups in total. The number of hydrogen-bond donors (Lipinski definition) is 12. The lowest BCUT2D eigenvalue weighted by Crippen LogP contribution is -2.63. The molecule has 2 saturated heterocycles. The molecule has 0 bridgehead atoms. The van der Waals surface area contributed by atoms with Crippen molar-refractivity contribution in [2.75, 3.05) is 26.4 Å². The van der Waals surface area contributed by atoms with Crippen LogP contribution in [0.3, 0.4) is 0 Å². The second kappa shape index (κ2) is 13.1. The van der Waals surface area contributed by atoms with Gasteiger partial charge in [0.25, 0.3) is 0 Å². The molecule has 0 amide bonds. The van der Waals surface area contributed by atoms with Crippen molar-refractivity contribution in [2.24, 2.45) is 0 Å². The highest BCUT2D eigenvalue weighted by atomic mass is 16.7. The third-order valence-electron chi connectivity index (χ3n) is 5.72. The zero-order valence-corrected chi connectivity index (χ0v) is 17.9. The summed E-state index contributed by atoms with van der Waals surface area (Å²) >= 11 is 0. The van der Waals surface area contributed by atoms with Gasteiger partial charge in [0.2, 0.25) is 0 Å². The summed E-state index contributed by atoms with van der Waals surface area (Å²) in [6, 6.07) is 0. The molecule has 0 aromatic heterocycles. The van der Waals surface area contributed by atoms with E-state index in [1.807, 2.05) is 0 Å². The van der Waals surface area contributed by atoms with Gasteiger partial charge in [-0.05, 0) is 0 Å². The van der Waals surface area contributed by atoms with Crippen LogP contribution in [-0.4, -0.2) is 174 Å². The van der Waals surface area contributed by atoms with Gasteiger partial charge in [0, 0.05) is 0 Å². The molecule has 0 spiro atoms. The van der Waals surface area contributed by atoms with Crippen molar-refractivity contribution in [2.45, 2.75) is 85.8 Å². The molecule has 2 aliphatic rings. The fourth-order valence-corrected chi connectivity index (χ4v) is 3.55. The van der Waals surface area contributed by atoms with Crippen LogP contribution in [0.5, 0.6) is 0 Å². The first-order chi connectivity index (χ1) is 16.0. The molecule has 0 unspecified atom stereocenters. The molecule has 16 heteroatoms. The maximum atomic E-state index is 10.2. The number of aliphatic hydroxyl groups is 12. The molecular weight excluding hydrogens is 472 g/mol. The number of aliphatic hydroxyl groups excluding tert-OH is 12. The van der Waals surface area contributed by atoms with Crippen LogP contribution in [0, 0.1) is 0 Å². The normalized spacial score (nSPS) is 42.7. The van der Waals surface area contributed by atoms with E-state index >= 15 is 0 Å². The van der Waals surface area contributed by atoms with Gasteiger partial charge in [0.05, 0.1) is 26.4 Å². The van der Waals surface area contributed by atoms with Crippen LogP contribution < -0.4 is 0 Å². The average molecular weight is 506 g/mol. The minimum Gasteiger partial charge on any atom is -0.394 e. The molecule has 2 aliphatic heterocycles. The average Bonchev–Trinajstić information content (AvgIpc) is 2.84. The SMILES string of the molecule is OC[C@@H](O)[C@H](O)[C@H](O[C@H]1O[C@H](CO[C@H]2O[C@H](CO)[C@H](O)[C@H](O)[C@H]2O)[C@H](O)[C@H](O)[C@H]1O)[C@@H](O)CO. The first kappa shape index (κ1) is 29.6. The van der Waals surface area contributed by atoms with Crippen LogP contribution >= 0.6 is 0 Å². The Balaban J connectivity index is 2.10. The van der Waals surface area contributed by atoms with Crippen LogP contribution in [0.1, 0.15) is 0 Å². The van der Waals surface area contributed by atoms with E-state index in [2.05, 4.69) is 0 Å². The molecular formula is C18H34O16. The fourth-order valence-electron chi connectivity index (χ4n) is 3.55. The summed E-state index contributed by atoms with van der Waals surface area (Å²) in [5.41, 5.74) is 0. The first-order valence-electron chi connectivity index (χ1n) is 10.5. The lowest BCUT2D eigenvalue weighted by atomic mass is 9.98. The van der Waals surface area contributed by atoms with Crippen molar-refractivity contribution in [1.82, 2.24) is 0 Å². The van der Waals surface area contributed by atoms with Crippen LogP contribution in [0.2, 0.25) is 0 Å². The number of rotatable bonds is 11. The molecule has 16 nitrogen and oxygen atoms in total. The third kappa shape index (κ3) is 6.56. The Morgan fingerprint density at radius 3 is 1.65 bits per heavy atom. The highest BCUT2D eigenvalue weighted by molar-refractivity contribution is 4.93. The van der Waals surface area contributed by atoms with Crippen molar-refractivity contribution >= 4 is 0 Å². The van der Waals surface area contributed by atoms with Gasteiger partial charge in [-0.15, -0.1) is 0 Å². The van der Waals surface area contributed by atoms with Crippen LogP contribution in [0.25, 0.3) is 0 Å². The van der Waals surface area contributed by atoms with Gasteiger partial charge in [0.15, 0.2) is 12.6 Å². The van der Waals surface area contributed by atoms with Crippen molar-refractivity contribution < 1.29 is 80.2 Å². The second-order valence-electron chi connectivity index (χ2n) is 8.14. The Bertz CT molecular complexity index is 596. The topological polar surface area (TPSA) is 280 Å². The molecule has 14 atom stereocenters. The minimum absolute atomic E-state index is 0.650. The molecule has 34 heavy (non-hydrogen) atoms. The van der Waals surface area contributed by atoms with Gasteiger partial charge in [-0.2, -0.15) is 0 Å². The van der Waals surface area contributed by atoms with E-state index in [4.69, 9.17) is 24.1 Å². The van der Waals surface area contributed by atoms with Crippen molar-refractivity contribution in [1.29, 1.82) is 0 Å². The van der Waals surface area contributed by atoms with Gasteiger partial charge in [-0.1, -0.05) is 0 Å². The molecule has 0 aliphatic carbocycles. The maximum absolute atomic E-state index is 10.2. The standard InChI is InChI=1S/C18H34O16/c19-1-5(22)9(24)16(6(23)2-20)34-18-15(30)13(28)11(26)8(33-18)4-31-17-14(29)12(27)10(25)7(3-21)32-17/h5-30H,1-4H2/t5-,6+,7-,8-,9+,10+,11+,12+,13+,14-,15-,16-,17+,18-/m1/s1. The van der Waals surface area contributed by atoms with E-state index in [9.17, 15) is 56.2 Å². The predicted octanol–water partition coefficient (Wildman–Crippen LogP) is -7.94. The molecule has 2 fully saturated rings. The predicted molar refractivity (Wildman–Crippen MR) is 103 cm³/mol. The molecule has 2 rings (SSSR count). The van der Waals surface area contributed by atoms with E-state index in [1.54, 1.807) is 0 Å². The van der Waals surface area contributed by atoms with Crippen LogP contribution in [0.15, 0.2) is 0 Å². The summed E-state index contributed by atoms with van der Waals surface area (Å²) in [5.74, 6) is 0. The summed E-state index contributed by atoms with van der Waals surface area (Å²) < 4.78 is 21.0. The van der Waals surface area contributed by atoms with Gasteiger partial charge in [-0.25, -0.2) is 0 Å². The van der Waals surface area contributed by atoms with Gasteiger partial charge in [-0.3, -0.25) is 0 Å². The first-order valence-corrected chi connectivity index (χ1v) is 10.5. The highest BCUT2D eigenvalue weighted by Crippen LogP contribution is 2.27. The molecule has 0 aromatic carbocycles. The monoisotopic (exact) mass is 506 g/mol. The smallest absolute Gasteiger partial charge is 0.187 e. The molecule has 0 saturated carbocycles. The van der Waals surface area contributed by atoms with E-state index in [-0.39, 0.29) is 0 Å². The van der Waals surface area contributed by atoms with Gasteiger partial charge in [0.1, 0.15) is 73.2 Å². The van der Waals surface area contributed by atoms with E-state index < -0.39 is 112 Å². The Kier molecular flexibility index (Phi) is 11.4. The summed E-state index contributed by atoms with van der Waals surface area (Å²) in [6.45, 7) is -3.27. The quantitative estimate of drug-likeness (QED) is 0.124. The fraction of sp³-hybridized carbons (Fsp3) is 1.00. The lowest BCUT2D eigenvalue weighted by molar-refractivity contribution is -0.344. The van der Waals surface area contributed by atoms with E-state index in [0.717, 1.165) is 0 Å². The summed E-state index contributed by atoms with van der Waals surface area (Å²) in [6.07, 6.45) is -24.4. The zero-order chi connectivity index (χ0) is 25.7. The Labute approximate surface area is 193 Å². The summed E-state index contributed by atoms with van der Waals surface area (Å²) in [4.78, 5) is 0. The van der Waals surface area contributed by atoms with Gasteiger partial charge < -0.3 is 80.2 Å². The van der Waals surface area contributed by atoms with E-state index in [1.165, 1.54) is 0 Å². The van der Waals surface area contributed by atoms with Crippen molar-refractivity contribution in [3.05, 3.63) is 0 Å². The highest BCUT2D eigenvalue weighted by Gasteiger charge is 2.49. The maximum Gasteiger partial charge on any atom is 0.187 e. The molecule has 0 aromatic rings. The van der Waals surface area contributed by atoms with E-state index in [0.29, 0.717) is 0 Å². The van der Waals surface area contributed by atoms with Crippen molar-refractivity contribution in [3.63, 3.8) is 0 Å². The largest absolute Gasteiger partial charge is 0.394 e. The summed E-state index contributed by atoms with van der Waals surface area (Å²) in [5, 5.41) is 117. The molecule has 0 radical (unpaired) electrons. The number of hydrogen-bond acceptors (Lipinski definition) is 16. The van der Waals surface area contributed by atoms with Crippen molar-refractivity contribution in [3.8, 4) is 0 Å². The summed E-state index contributed by atoms with van der Waals surface area (Å²) in [7, 11) is 0. The lowest BCUT2D eigenvalue weighted by Gasteiger charge is -2.44. The minimum atomic E-state index is -1.96. The Hall–Kier alpha value is -0.640. The van der Waals surface area contributed by atoms with Gasteiger partial charge >= 0.3 is 0 Å². The zero-order valence-electron chi connectivity index (χ0n) is 17.9. The number of ether oxygens (including phenoxy) is 4. The van der Waals surface area contributed by atoms with Crippen LogP contribution in [0.4, 0.5) is 0 Å². The third-order valence-corrected chi connectivity index (χ3v) is 5.72.